The number of ether oxygens (including phenoxy) is 1. The lowest BCUT2D eigenvalue weighted by molar-refractivity contribution is -0.274. The molecule has 0 spiro atoms. The number of rotatable bonds is 4. The molecule has 0 aliphatic carbocycles. The third kappa shape index (κ3) is 5.78. The van der Waals surface area contributed by atoms with E-state index >= 15 is 0 Å². The summed E-state index contributed by atoms with van der Waals surface area (Å²) in [6, 6.07) is 5.85. The lowest BCUT2D eigenvalue weighted by atomic mass is 10.1. The summed E-state index contributed by atoms with van der Waals surface area (Å²) < 4.78 is 40.1. The van der Waals surface area contributed by atoms with Crippen molar-refractivity contribution >= 4 is 35.6 Å². The summed E-state index contributed by atoms with van der Waals surface area (Å²) in [6.07, 6.45) is -3.72. The standard InChI is InChI=1S/C13H17F3N4O.HI/c14-13(15,16)21-11-3-1-10(2-4-11)20-6-5-9(8-20)7-19-12(17)18;/h1-4,9H,5-8H2,(H4,17,18,19);1H. The number of alkyl halides is 3. The fourth-order valence-corrected chi connectivity index (χ4v) is 2.31. The van der Waals surface area contributed by atoms with E-state index in [0.29, 0.717) is 12.5 Å². The first-order valence-corrected chi connectivity index (χ1v) is 6.49. The Morgan fingerprint density at radius 3 is 2.45 bits per heavy atom. The van der Waals surface area contributed by atoms with Crippen LogP contribution in [0.4, 0.5) is 18.9 Å². The molecular weight excluding hydrogens is 412 g/mol. The summed E-state index contributed by atoms with van der Waals surface area (Å²) in [5, 5.41) is 0. The van der Waals surface area contributed by atoms with Crippen molar-refractivity contribution in [2.45, 2.75) is 12.8 Å². The molecule has 1 unspecified atom stereocenters. The molecule has 1 fully saturated rings. The maximum Gasteiger partial charge on any atom is 0.573 e. The Kier molecular flexibility index (Phi) is 6.57. The second-order valence-corrected chi connectivity index (χ2v) is 4.91. The molecule has 5 nitrogen and oxygen atoms in total. The quantitative estimate of drug-likeness (QED) is 0.437. The van der Waals surface area contributed by atoms with Crippen molar-refractivity contribution in [1.82, 2.24) is 0 Å². The van der Waals surface area contributed by atoms with Crippen LogP contribution in [0.15, 0.2) is 29.3 Å². The molecule has 0 radical (unpaired) electrons. The van der Waals surface area contributed by atoms with Gasteiger partial charge >= 0.3 is 6.36 Å². The van der Waals surface area contributed by atoms with Crippen LogP contribution in [-0.2, 0) is 0 Å². The van der Waals surface area contributed by atoms with Crippen LogP contribution >= 0.6 is 24.0 Å². The molecule has 1 aliphatic rings. The van der Waals surface area contributed by atoms with Crippen LogP contribution in [0, 0.1) is 5.92 Å². The van der Waals surface area contributed by atoms with Gasteiger partial charge in [0.25, 0.3) is 0 Å². The molecule has 1 aromatic rings. The Balaban J connectivity index is 0.00000242. The Morgan fingerprint density at radius 2 is 1.91 bits per heavy atom. The normalized spacial score (nSPS) is 17.8. The van der Waals surface area contributed by atoms with Gasteiger partial charge in [0.2, 0.25) is 0 Å². The monoisotopic (exact) mass is 430 g/mol. The molecule has 0 amide bonds. The van der Waals surface area contributed by atoms with Crippen molar-refractivity contribution in [1.29, 1.82) is 0 Å². The lowest BCUT2D eigenvalue weighted by Crippen LogP contribution is -2.25. The Bertz CT molecular complexity index is 503. The number of nitrogens with two attached hydrogens (primary N) is 2. The van der Waals surface area contributed by atoms with E-state index < -0.39 is 6.36 Å². The SMILES string of the molecule is I.NC(N)=NCC1CCN(c2ccc(OC(F)(F)F)cc2)C1. The third-order valence-electron chi connectivity index (χ3n) is 3.25. The highest BCUT2D eigenvalue weighted by Gasteiger charge is 2.31. The van der Waals surface area contributed by atoms with Crippen LogP contribution in [0.1, 0.15) is 6.42 Å². The zero-order valence-electron chi connectivity index (χ0n) is 11.7. The highest BCUT2D eigenvalue weighted by Crippen LogP contribution is 2.28. The summed E-state index contributed by atoms with van der Waals surface area (Å²) in [5.74, 6) is 0.197. The van der Waals surface area contributed by atoms with Gasteiger partial charge in [-0.2, -0.15) is 0 Å². The van der Waals surface area contributed by atoms with Crippen LogP contribution in [0.5, 0.6) is 5.75 Å². The molecular formula is C13H18F3IN4O. The van der Waals surface area contributed by atoms with E-state index in [0.717, 1.165) is 25.2 Å². The first-order chi connectivity index (χ1) is 9.83. The van der Waals surface area contributed by atoms with Crippen LogP contribution < -0.4 is 21.1 Å². The molecule has 1 saturated heterocycles. The van der Waals surface area contributed by atoms with Gasteiger partial charge in [0, 0.05) is 25.3 Å². The van der Waals surface area contributed by atoms with Gasteiger partial charge in [-0.25, -0.2) is 0 Å². The molecule has 9 heteroatoms. The molecule has 2 rings (SSSR count). The van der Waals surface area contributed by atoms with Gasteiger partial charge in [-0.05, 0) is 36.6 Å². The molecule has 4 N–H and O–H groups in total. The molecule has 22 heavy (non-hydrogen) atoms. The van der Waals surface area contributed by atoms with Gasteiger partial charge in [0.1, 0.15) is 5.75 Å². The average Bonchev–Trinajstić information content (AvgIpc) is 2.84. The number of anilines is 1. The fourth-order valence-electron chi connectivity index (χ4n) is 2.31. The van der Waals surface area contributed by atoms with Gasteiger partial charge in [0.15, 0.2) is 5.96 Å². The predicted molar refractivity (Wildman–Crippen MR) is 89.5 cm³/mol. The van der Waals surface area contributed by atoms with E-state index in [1.165, 1.54) is 12.1 Å². The Hall–Kier alpha value is -1.39. The summed E-state index contributed by atoms with van der Waals surface area (Å²) >= 11 is 0. The number of aliphatic imine (C=N–C) groups is 1. The molecule has 1 aliphatic heterocycles. The summed E-state index contributed by atoms with van der Waals surface area (Å²) in [7, 11) is 0. The van der Waals surface area contributed by atoms with E-state index in [4.69, 9.17) is 11.5 Å². The number of hydrogen-bond acceptors (Lipinski definition) is 3. The van der Waals surface area contributed by atoms with Crippen molar-refractivity contribution in [3.63, 3.8) is 0 Å². The number of benzene rings is 1. The second kappa shape index (κ2) is 7.75. The van der Waals surface area contributed by atoms with Crippen LogP contribution in [-0.4, -0.2) is 32.0 Å². The van der Waals surface area contributed by atoms with Crippen molar-refractivity contribution in [2.75, 3.05) is 24.5 Å². The minimum atomic E-state index is -4.67. The first kappa shape index (κ1) is 18.7. The Labute approximate surface area is 143 Å². The van der Waals surface area contributed by atoms with Gasteiger partial charge in [-0.15, -0.1) is 37.1 Å². The highest BCUT2D eigenvalue weighted by molar-refractivity contribution is 14.0. The number of nitrogens with zero attached hydrogens (tertiary/aromatic N) is 2. The topological polar surface area (TPSA) is 76.9 Å². The van der Waals surface area contributed by atoms with E-state index in [1.807, 2.05) is 0 Å². The third-order valence-corrected chi connectivity index (χ3v) is 3.25. The lowest BCUT2D eigenvalue weighted by Gasteiger charge is -2.19. The van der Waals surface area contributed by atoms with Crippen molar-refractivity contribution < 1.29 is 17.9 Å². The fraction of sp³-hybridized carbons (Fsp3) is 0.462. The largest absolute Gasteiger partial charge is 0.573 e. The molecule has 124 valence electrons. The zero-order valence-corrected chi connectivity index (χ0v) is 14.0. The summed E-state index contributed by atoms with van der Waals surface area (Å²) in [5.41, 5.74) is 11.4. The molecule has 1 aromatic carbocycles. The predicted octanol–water partition coefficient (Wildman–Crippen LogP) is 2.30. The zero-order chi connectivity index (χ0) is 15.5. The molecule has 0 aromatic heterocycles. The van der Waals surface area contributed by atoms with E-state index in [-0.39, 0.29) is 35.7 Å². The second-order valence-electron chi connectivity index (χ2n) is 4.91. The van der Waals surface area contributed by atoms with Gasteiger partial charge in [-0.1, -0.05) is 0 Å². The van der Waals surface area contributed by atoms with Crippen LogP contribution in [0.2, 0.25) is 0 Å². The van der Waals surface area contributed by atoms with Crippen molar-refractivity contribution in [2.24, 2.45) is 22.4 Å². The summed E-state index contributed by atoms with van der Waals surface area (Å²) in [4.78, 5) is 6.08. The maximum atomic E-state index is 12.1. The number of hydrogen-bond donors (Lipinski definition) is 2. The first-order valence-electron chi connectivity index (χ1n) is 6.49. The van der Waals surface area contributed by atoms with E-state index in [9.17, 15) is 13.2 Å². The Morgan fingerprint density at radius 1 is 1.27 bits per heavy atom. The van der Waals surface area contributed by atoms with Gasteiger partial charge < -0.3 is 21.1 Å². The van der Waals surface area contributed by atoms with Crippen LogP contribution in [0.25, 0.3) is 0 Å². The minimum Gasteiger partial charge on any atom is -0.406 e. The van der Waals surface area contributed by atoms with Crippen molar-refractivity contribution in [3.8, 4) is 5.75 Å². The number of guanidine groups is 1. The van der Waals surface area contributed by atoms with E-state index in [2.05, 4.69) is 14.6 Å². The number of halogens is 4. The molecule has 1 heterocycles. The van der Waals surface area contributed by atoms with Gasteiger partial charge in [0.05, 0.1) is 0 Å². The van der Waals surface area contributed by atoms with E-state index in [1.54, 1.807) is 12.1 Å². The van der Waals surface area contributed by atoms with Gasteiger partial charge in [-0.3, -0.25) is 4.99 Å². The van der Waals surface area contributed by atoms with Crippen LogP contribution in [0.3, 0.4) is 0 Å². The average molecular weight is 430 g/mol. The molecule has 1 atom stereocenters. The molecule has 0 bridgehead atoms. The highest BCUT2D eigenvalue weighted by atomic mass is 127. The minimum absolute atomic E-state index is 0. The maximum absolute atomic E-state index is 12.1. The molecule has 0 saturated carbocycles. The summed E-state index contributed by atoms with van der Waals surface area (Å²) in [6.45, 7) is 2.16. The smallest absolute Gasteiger partial charge is 0.406 e. The van der Waals surface area contributed by atoms with Crippen molar-refractivity contribution in [3.05, 3.63) is 24.3 Å².